The summed E-state index contributed by atoms with van der Waals surface area (Å²) in [5.74, 6) is 0.108. The molecule has 8 nitrogen and oxygen atoms in total. The Bertz CT molecular complexity index is 1290. The van der Waals surface area contributed by atoms with Crippen LogP contribution in [0.5, 0.6) is 0 Å². The van der Waals surface area contributed by atoms with Gasteiger partial charge in [0.15, 0.2) is 0 Å². The van der Waals surface area contributed by atoms with E-state index >= 15 is 0 Å². The molecule has 0 saturated carbocycles. The number of para-hydroxylation sites is 1. The Morgan fingerprint density at radius 3 is 2.61 bits per heavy atom. The molecule has 0 fully saturated rings. The lowest BCUT2D eigenvalue weighted by atomic mass is 10.1. The summed E-state index contributed by atoms with van der Waals surface area (Å²) in [5, 5.41) is 11.0. The second-order valence-electron chi connectivity index (χ2n) is 7.02. The molecule has 0 bridgehead atoms. The van der Waals surface area contributed by atoms with Crippen LogP contribution in [0.15, 0.2) is 69.0 Å². The zero-order chi connectivity index (χ0) is 22.0. The highest BCUT2D eigenvalue weighted by molar-refractivity contribution is 7.99. The quantitative estimate of drug-likeness (QED) is 0.465. The highest BCUT2D eigenvalue weighted by Crippen LogP contribution is 2.24. The van der Waals surface area contributed by atoms with Crippen LogP contribution in [-0.2, 0) is 11.8 Å². The zero-order valence-corrected chi connectivity index (χ0v) is 18.1. The van der Waals surface area contributed by atoms with Crippen LogP contribution in [-0.4, -0.2) is 31.2 Å². The Labute approximate surface area is 182 Å². The van der Waals surface area contributed by atoms with Crippen LogP contribution >= 0.6 is 11.8 Å². The van der Waals surface area contributed by atoms with Crippen molar-refractivity contribution in [3.05, 3.63) is 76.2 Å². The summed E-state index contributed by atoms with van der Waals surface area (Å²) in [4.78, 5) is 25.4. The van der Waals surface area contributed by atoms with Gasteiger partial charge in [-0.2, -0.15) is 0 Å². The fourth-order valence-electron chi connectivity index (χ4n) is 3.18. The maximum absolute atomic E-state index is 12.9. The smallest absolute Gasteiger partial charge is 0.295 e. The van der Waals surface area contributed by atoms with Crippen LogP contribution in [0, 0.1) is 13.8 Å². The van der Waals surface area contributed by atoms with E-state index in [0.29, 0.717) is 11.6 Å². The van der Waals surface area contributed by atoms with Gasteiger partial charge >= 0.3 is 0 Å². The molecule has 0 aliphatic heterocycles. The summed E-state index contributed by atoms with van der Waals surface area (Å²) < 4.78 is 8.88. The Hall–Kier alpha value is -3.59. The molecule has 0 unspecified atom stereocenters. The molecular weight excluding hydrogens is 414 g/mol. The number of benzene rings is 2. The minimum Gasteiger partial charge on any atom is -0.411 e. The molecule has 4 rings (SSSR count). The van der Waals surface area contributed by atoms with E-state index in [1.54, 1.807) is 18.7 Å². The molecule has 9 heteroatoms. The van der Waals surface area contributed by atoms with Crippen molar-refractivity contribution in [3.8, 4) is 17.1 Å². The minimum atomic E-state index is -0.327. The third-order valence-corrected chi connectivity index (χ3v) is 5.64. The van der Waals surface area contributed by atoms with Crippen LogP contribution in [0.1, 0.15) is 11.3 Å². The standard InChI is InChI=1S/C22H21N5O3S/c1-14-8-7-9-16(12-14)20-24-25-22(30-20)31-13-18(28)23-19-15(2)26(3)27(21(19)29)17-10-5-4-6-11-17/h4-12H,13H2,1-3H3,(H,23,28). The van der Waals surface area contributed by atoms with Crippen LogP contribution in [0.2, 0.25) is 0 Å². The molecule has 1 N–H and O–H groups in total. The molecule has 0 atom stereocenters. The summed E-state index contributed by atoms with van der Waals surface area (Å²) >= 11 is 1.12. The van der Waals surface area contributed by atoms with Crippen LogP contribution in [0.4, 0.5) is 5.69 Å². The summed E-state index contributed by atoms with van der Waals surface area (Å²) in [7, 11) is 1.78. The molecular formula is C22H21N5O3S. The molecule has 2 aromatic carbocycles. The Morgan fingerprint density at radius 2 is 1.87 bits per heavy atom. The number of carbonyl (C=O) groups is 1. The fraction of sp³-hybridized carbons (Fsp3) is 0.182. The van der Waals surface area contributed by atoms with Crippen molar-refractivity contribution in [3.63, 3.8) is 0 Å². The molecule has 0 saturated heterocycles. The Balaban J connectivity index is 1.45. The minimum absolute atomic E-state index is 0.0363. The largest absolute Gasteiger partial charge is 0.411 e. The normalized spacial score (nSPS) is 10.9. The van der Waals surface area contributed by atoms with E-state index in [0.717, 1.165) is 28.6 Å². The lowest BCUT2D eigenvalue weighted by Crippen LogP contribution is -2.23. The van der Waals surface area contributed by atoms with Crippen molar-refractivity contribution >= 4 is 23.4 Å². The first-order chi connectivity index (χ1) is 14.9. The van der Waals surface area contributed by atoms with E-state index in [2.05, 4.69) is 15.5 Å². The van der Waals surface area contributed by atoms with Crippen LogP contribution < -0.4 is 10.9 Å². The summed E-state index contributed by atoms with van der Waals surface area (Å²) in [5.41, 5.74) is 3.26. The number of aryl methyl sites for hydroxylation is 1. The van der Waals surface area contributed by atoms with Gasteiger partial charge in [-0.05, 0) is 38.1 Å². The Morgan fingerprint density at radius 1 is 1.10 bits per heavy atom. The monoisotopic (exact) mass is 435 g/mol. The van der Waals surface area contributed by atoms with Gasteiger partial charge in [-0.25, -0.2) is 4.68 Å². The van der Waals surface area contributed by atoms with Gasteiger partial charge in [0.2, 0.25) is 11.8 Å². The van der Waals surface area contributed by atoms with Crippen molar-refractivity contribution < 1.29 is 9.21 Å². The van der Waals surface area contributed by atoms with Crippen molar-refractivity contribution in [2.24, 2.45) is 7.05 Å². The second kappa shape index (κ2) is 8.65. The lowest BCUT2D eigenvalue weighted by Gasteiger charge is -2.07. The number of nitrogens with one attached hydrogen (secondary N) is 1. The number of thioether (sulfide) groups is 1. The average molecular weight is 436 g/mol. The van der Waals surface area contributed by atoms with E-state index in [1.807, 2.05) is 61.5 Å². The average Bonchev–Trinajstić information content (AvgIpc) is 3.32. The first-order valence-corrected chi connectivity index (χ1v) is 10.6. The number of nitrogens with zero attached hydrogens (tertiary/aromatic N) is 4. The number of anilines is 1. The van der Waals surface area contributed by atoms with Gasteiger partial charge in [0.05, 0.1) is 17.1 Å². The number of carbonyl (C=O) groups excluding carboxylic acids is 1. The van der Waals surface area contributed by atoms with Gasteiger partial charge in [-0.3, -0.25) is 14.3 Å². The molecule has 0 radical (unpaired) electrons. The first-order valence-electron chi connectivity index (χ1n) is 9.61. The zero-order valence-electron chi connectivity index (χ0n) is 17.3. The second-order valence-corrected chi connectivity index (χ2v) is 7.94. The van der Waals surface area contributed by atoms with Gasteiger partial charge < -0.3 is 9.73 Å². The lowest BCUT2D eigenvalue weighted by molar-refractivity contribution is -0.113. The van der Waals surface area contributed by atoms with Gasteiger partial charge in [-0.1, -0.05) is 47.7 Å². The molecule has 158 valence electrons. The van der Waals surface area contributed by atoms with Crippen LogP contribution in [0.25, 0.3) is 17.1 Å². The number of rotatable bonds is 6. The van der Waals surface area contributed by atoms with E-state index in [4.69, 9.17) is 4.42 Å². The predicted octanol–water partition coefficient (Wildman–Crippen LogP) is 3.57. The molecule has 0 spiro atoms. The maximum atomic E-state index is 12.9. The highest BCUT2D eigenvalue weighted by Gasteiger charge is 2.19. The van der Waals surface area contributed by atoms with Gasteiger partial charge in [0.25, 0.3) is 10.8 Å². The molecule has 4 aromatic rings. The van der Waals surface area contributed by atoms with E-state index in [-0.39, 0.29) is 28.1 Å². The molecule has 2 heterocycles. The molecule has 0 aliphatic rings. The summed E-state index contributed by atoms with van der Waals surface area (Å²) in [6.07, 6.45) is 0. The number of hydrogen-bond donors (Lipinski definition) is 1. The molecule has 2 aromatic heterocycles. The summed E-state index contributed by atoms with van der Waals surface area (Å²) in [6, 6.07) is 17.0. The molecule has 1 amide bonds. The van der Waals surface area contributed by atoms with Crippen LogP contribution in [0.3, 0.4) is 0 Å². The number of amides is 1. The van der Waals surface area contributed by atoms with Crippen molar-refractivity contribution in [2.45, 2.75) is 19.1 Å². The first kappa shape index (κ1) is 20.7. The molecule has 31 heavy (non-hydrogen) atoms. The van der Waals surface area contributed by atoms with Crippen molar-refractivity contribution in [1.29, 1.82) is 0 Å². The van der Waals surface area contributed by atoms with E-state index in [1.165, 1.54) is 4.68 Å². The SMILES string of the molecule is Cc1cccc(-c2nnc(SCC(=O)Nc3c(C)n(C)n(-c4ccccc4)c3=O)o2)c1. The van der Waals surface area contributed by atoms with E-state index in [9.17, 15) is 9.59 Å². The van der Waals surface area contributed by atoms with Gasteiger partial charge in [0, 0.05) is 12.6 Å². The predicted molar refractivity (Wildman–Crippen MR) is 120 cm³/mol. The van der Waals surface area contributed by atoms with E-state index < -0.39 is 0 Å². The number of aromatic nitrogens is 4. The van der Waals surface area contributed by atoms with Crippen molar-refractivity contribution in [1.82, 2.24) is 19.6 Å². The Kier molecular flexibility index (Phi) is 5.77. The molecule has 0 aliphatic carbocycles. The number of hydrogen-bond acceptors (Lipinski definition) is 6. The van der Waals surface area contributed by atoms with Gasteiger partial charge in [-0.15, -0.1) is 10.2 Å². The third kappa shape index (κ3) is 4.31. The highest BCUT2D eigenvalue weighted by atomic mass is 32.2. The topological polar surface area (TPSA) is 95.0 Å². The third-order valence-electron chi connectivity index (χ3n) is 4.82. The van der Waals surface area contributed by atoms with Gasteiger partial charge in [0.1, 0.15) is 5.69 Å². The fourth-order valence-corrected chi connectivity index (χ4v) is 3.74. The summed E-state index contributed by atoms with van der Waals surface area (Å²) in [6.45, 7) is 3.77. The van der Waals surface area contributed by atoms with Crippen molar-refractivity contribution in [2.75, 3.05) is 11.1 Å². The maximum Gasteiger partial charge on any atom is 0.295 e.